The summed E-state index contributed by atoms with van der Waals surface area (Å²) in [6, 6.07) is 18.5. The summed E-state index contributed by atoms with van der Waals surface area (Å²) >= 11 is 3.36. The summed E-state index contributed by atoms with van der Waals surface area (Å²) in [5, 5.41) is 2.71. The Morgan fingerprint density at radius 2 is 1.70 bits per heavy atom. The van der Waals surface area contributed by atoms with E-state index in [0.29, 0.717) is 11.1 Å². The van der Waals surface area contributed by atoms with E-state index in [1.54, 1.807) is 6.07 Å². The first-order valence-electron chi connectivity index (χ1n) is 6.28. The first kappa shape index (κ1) is 13.1. The fourth-order valence-corrected chi connectivity index (χ4v) is 2.59. The highest BCUT2D eigenvalue weighted by Crippen LogP contribution is 2.32. The molecule has 0 amide bonds. The summed E-state index contributed by atoms with van der Waals surface area (Å²) in [4.78, 5) is 0. The average Bonchev–Trinajstić information content (AvgIpc) is 2.49. The Morgan fingerprint density at radius 3 is 2.55 bits per heavy atom. The largest absolute Gasteiger partial charge is 0.456 e. The molecule has 3 aromatic rings. The molecule has 0 aliphatic rings. The number of halogens is 2. The summed E-state index contributed by atoms with van der Waals surface area (Å²) < 4.78 is 19.2. The SMILES string of the molecule is Fc1ccc(Oc2cccc3ccccc23)c(CBr)c1. The maximum absolute atomic E-state index is 13.2. The van der Waals surface area contributed by atoms with Crippen LogP contribution in [0.15, 0.2) is 60.7 Å². The second-order valence-electron chi connectivity index (χ2n) is 4.47. The quantitative estimate of drug-likeness (QED) is 0.562. The lowest BCUT2D eigenvalue weighted by atomic mass is 10.1. The van der Waals surface area contributed by atoms with Gasteiger partial charge in [0.25, 0.3) is 0 Å². The Bertz CT molecular complexity index is 750. The predicted molar refractivity (Wildman–Crippen MR) is 83.1 cm³/mol. The number of ether oxygens (including phenoxy) is 1. The molecular weight excluding hydrogens is 319 g/mol. The van der Waals surface area contributed by atoms with Crippen LogP contribution in [-0.4, -0.2) is 0 Å². The van der Waals surface area contributed by atoms with E-state index in [-0.39, 0.29) is 5.82 Å². The van der Waals surface area contributed by atoms with E-state index in [4.69, 9.17) is 4.74 Å². The Kier molecular flexibility index (Phi) is 3.70. The van der Waals surface area contributed by atoms with Crippen molar-refractivity contribution in [1.29, 1.82) is 0 Å². The van der Waals surface area contributed by atoms with Crippen molar-refractivity contribution in [2.45, 2.75) is 5.33 Å². The minimum absolute atomic E-state index is 0.260. The van der Waals surface area contributed by atoms with Crippen LogP contribution in [-0.2, 0) is 5.33 Å². The van der Waals surface area contributed by atoms with Gasteiger partial charge in [-0.25, -0.2) is 4.39 Å². The molecule has 0 saturated heterocycles. The van der Waals surface area contributed by atoms with Gasteiger partial charge in [0, 0.05) is 16.3 Å². The smallest absolute Gasteiger partial charge is 0.135 e. The van der Waals surface area contributed by atoms with Crippen LogP contribution >= 0.6 is 15.9 Å². The third-order valence-corrected chi connectivity index (χ3v) is 3.74. The first-order valence-corrected chi connectivity index (χ1v) is 7.40. The Labute approximate surface area is 125 Å². The van der Waals surface area contributed by atoms with Crippen molar-refractivity contribution < 1.29 is 9.13 Å². The number of benzene rings is 3. The van der Waals surface area contributed by atoms with Gasteiger partial charge in [-0.3, -0.25) is 0 Å². The summed E-state index contributed by atoms with van der Waals surface area (Å²) in [5.41, 5.74) is 0.790. The van der Waals surface area contributed by atoms with E-state index in [1.165, 1.54) is 12.1 Å². The average molecular weight is 331 g/mol. The van der Waals surface area contributed by atoms with Gasteiger partial charge >= 0.3 is 0 Å². The van der Waals surface area contributed by atoms with Gasteiger partial charge in [-0.1, -0.05) is 52.3 Å². The highest BCUT2D eigenvalue weighted by molar-refractivity contribution is 9.08. The van der Waals surface area contributed by atoms with E-state index in [0.717, 1.165) is 22.1 Å². The number of rotatable bonds is 3. The van der Waals surface area contributed by atoms with Gasteiger partial charge in [-0.2, -0.15) is 0 Å². The second-order valence-corrected chi connectivity index (χ2v) is 5.03. The molecule has 100 valence electrons. The molecule has 0 spiro atoms. The molecule has 0 fully saturated rings. The maximum atomic E-state index is 13.2. The number of fused-ring (bicyclic) bond motifs is 1. The lowest BCUT2D eigenvalue weighted by Crippen LogP contribution is -1.91. The zero-order chi connectivity index (χ0) is 13.9. The van der Waals surface area contributed by atoms with Crippen molar-refractivity contribution in [2.24, 2.45) is 0 Å². The zero-order valence-corrected chi connectivity index (χ0v) is 12.2. The molecule has 20 heavy (non-hydrogen) atoms. The molecule has 3 aromatic carbocycles. The maximum Gasteiger partial charge on any atom is 0.135 e. The van der Waals surface area contributed by atoms with Crippen molar-refractivity contribution in [1.82, 2.24) is 0 Å². The minimum atomic E-state index is -0.260. The molecule has 0 bridgehead atoms. The minimum Gasteiger partial charge on any atom is -0.456 e. The summed E-state index contributed by atoms with van der Waals surface area (Å²) in [6.45, 7) is 0. The van der Waals surface area contributed by atoms with Crippen LogP contribution in [0.5, 0.6) is 11.5 Å². The number of alkyl halides is 1. The fourth-order valence-electron chi connectivity index (χ4n) is 2.16. The molecule has 0 aliphatic heterocycles. The number of hydrogen-bond donors (Lipinski definition) is 0. The van der Waals surface area contributed by atoms with E-state index < -0.39 is 0 Å². The molecule has 0 heterocycles. The van der Waals surface area contributed by atoms with Gasteiger partial charge in [0.05, 0.1) is 0 Å². The van der Waals surface area contributed by atoms with Crippen LogP contribution in [0.25, 0.3) is 10.8 Å². The van der Waals surface area contributed by atoms with E-state index in [2.05, 4.69) is 15.9 Å². The first-order chi connectivity index (χ1) is 9.78. The van der Waals surface area contributed by atoms with Crippen LogP contribution < -0.4 is 4.74 Å². The summed E-state index contributed by atoms with van der Waals surface area (Å²) in [6.07, 6.45) is 0. The third-order valence-electron chi connectivity index (χ3n) is 3.14. The van der Waals surface area contributed by atoms with Crippen molar-refractivity contribution in [3.8, 4) is 11.5 Å². The lowest BCUT2D eigenvalue weighted by Gasteiger charge is -2.12. The molecule has 3 heteroatoms. The van der Waals surface area contributed by atoms with Crippen molar-refractivity contribution in [3.05, 3.63) is 72.0 Å². The molecule has 0 radical (unpaired) electrons. The van der Waals surface area contributed by atoms with Crippen LogP contribution in [0.1, 0.15) is 5.56 Å². The Hall–Kier alpha value is -1.87. The summed E-state index contributed by atoms with van der Waals surface area (Å²) in [5.74, 6) is 1.18. The molecule has 0 saturated carbocycles. The monoisotopic (exact) mass is 330 g/mol. The van der Waals surface area contributed by atoms with Crippen LogP contribution in [0.2, 0.25) is 0 Å². The normalized spacial score (nSPS) is 10.7. The van der Waals surface area contributed by atoms with Gasteiger partial charge in [0.15, 0.2) is 0 Å². The van der Waals surface area contributed by atoms with Crippen molar-refractivity contribution in [2.75, 3.05) is 0 Å². The topological polar surface area (TPSA) is 9.23 Å². The molecule has 3 rings (SSSR count). The van der Waals surface area contributed by atoms with E-state index >= 15 is 0 Å². The summed E-state index contributed by atoms with van der Waals surface area (Å²) in [7, 11) is 0. The standard InChI is InChI=1S/C17H12BrFO/c18-11-13-10-14(19)8-9-16(13)20-17-7-3-5-12-4-1-2-6-15(12)17/h1-10H,11H2. The Morgan fingerprint density at radius 1 is 0.900 bits per heavy atom. The lowest BCUT2D eigenvalue weighted by molar-refractivity contribution is 0.481. The fraction of sp³-hybridized carbons (Fsp3) is 0.0588. The van der Waals surface area contributed by atoms with Gasteiger partial charge in [-0.15, -0.1) is 0 Å². The van der Waals surface area contributed by atoms with E-state index in [9.17, 15) is 4.39 Å². The molecular formula is C17H12BrFO. The van der Waals surface area contributed by atoms with Crippen LogP contribution in [0.4, 0.5) is 4.39 Å². The highest BCUT2D eigenvalue weighted by Gasteiger charge is 2.08. The van der Waals surface area contributed by atoms with Gasteiger partial charge < -0.3 is 4.74 Å². The molecule has 0 aliphatic carbocycles. The van der Waals surface area contributed by atoms with Gasteiger partial charge in [0.2, 0.25) is 0 Å². The van der Waals surface area contributed by atoms with Crippen molar-refractivity contribution >= 4 is 26.7 Å². The third kappa shape index (κ3) is 2.54. The zero-order valence-electron chi connectivity index (χ0n) is 10.6. The number of hydrogen-bond acceptors (Lipinski definition) is 1. The van der Waals surface area contributed by atoms with Crippen LogP contribution in [0, 0.1) is 5.82 Å². The Balaban J connectivity index is 2.05. The molecule has 0 aromatic heterocycles. The predicted octanol–water partition coefficient (Wildman–Crippen LogP) is 5.67. The van der Waals surface area contributed by atoms with Gasteiger partial charge in [0.1, 0.15) is 17.3 Å². The molecule has 0 atom stereocenters. The van der Waals surface area contributed by atoms with Crippen LogP contribution in [0.3, 0.4) is 0 Å². The molecule has 1 nitrogen and oxygen atoms in total. The van der Waals surface area contributed by atoms with Gasteiger partial charge in [-0.05, 0) is 29.7 Å². The highest BCUT2D eigenvalue weighted by atomic mass is 79.9. The van der Waals surface area contributed by atoms with Crippen molar-refractivity contribution in [3.63, 3.8) is 0 Å². The van der Waals surface area contributed by atoms with E-state index in [1.807, 2.05) is 42.5 Å². The molecule has 0 unspecified atom stereocenters. The second kappa shape index (κ2) is 5.63. The molecule has 0 N–H and O–H groups in total.